The first kappa shape index (κ1) is 9.82. The zero-order valence-electron chi connectivity index (χ0n) is 7.07. The summed E-state index contributed by atoms with van der Waals surface area (Å²) < 4.78 is 1.07. The normalized spacial score (nSPS) is 9.67. The van der Waals surface area contributed by atoms with E-state index >= 15 is 0 Å². The van der Waals surface area contributed by atoms with Gasteiger partial charge in [0.25, 0.3) is 0 Å². The summed E-state index contributed by atoms with van der Waals surface area (Å²) in [7, 11) is 0. The highest BCUT2D eigenvalue weighted by molar-refractivity contribution is 9.10. The fourth-order valence-electron chi connectivity index (χ4n) is 0.885. The summed E-state index contributed by atoms with van der Waals surface area (Å²) in [5.41, 5.74) is 2.21. The summed E-state index contributed by atoms with van der Waals surface area (Å²) in [5, 5.41) is 0.836. The van der Waals surface area contributed by atoms with Crippen LogP contribution in [0.3, 0.4) is 0 Å². The Balaban J connectivity index is 3.06. The third kappa shape index (κ3) is 2.36. The van der Waals surface area contributed by atoms with E-state index in [-0.39, 0.29) is 0 Å². The molecule has 64 valence electrons. The van der Waals surface area contributed by atoms with E-state index in [0.29, 0.717) is 0 Å². The Morgan fingerprint density at radius 3 is 2.08 bits per heavy atom. The van der Waals surface area contributed by atoms with E-state index in [4.69, 9.17) is 11.6 Å². The van der Waals surface area contributed by atoms with Crippen molar-refractivity contribution in [1.82, 2.24) is 0 Å². The minimum atomic E-state index is 0.836. The molecule has 0 amide bonds. The van der Waals surface area contributed by atoms with Crippen LogP contribution in [0.2, 0.25) is 0 Å². The molecular formula is C10H10BrCl. The van der Waals surface area contributed by atoms with Crippen LogP contribution in [0.4, 0.5) is 0 Å². The average Bonchev–Trinajstić information content (AvgIpc) is 2.04. The van der Waals surface area contributed by atoms with Gasteiger partial charge in [-0.1, -0.05) is 45.2 Å². The average molecular weight is 246 g/mol. The summed E-state index contributed by atoms with van der Waals surface area (Å²) in [4.78, 5) is 0. The maximum atomic E-state index is 6.06. The molecule has 0 unspecified atom stereocenters. The van der Waals surface area contributed by atoms with Gasteiger partial charge in [-0.05, 0) is 31.5 Å². The van der Waals surface area contributed by atoms with E-state index in [1.54, 1.807) is 0 Å². The molecule has 0 aromatic heterocycles. The molecule has 1 aromatic carbocycles. The van der Waals surface area contributed by atoms with Gasteiger partial charge in [0.05, 0.1) is 0 Å². The monoisotopic (exact) mass is 244 g/mol. The van der Waals surface area contributed by atoms with Gasteiger partial charge in [-0.3, -0.25) is 0 Å². The fraction of sp³-hybridized carbons (Fsp3) is 0.200. The summed E-state index contributed by atoms with van der Waals surface area (Å²) >= 11 is 9.43. The second kappa shape index (κ2) is 4.11. The molecular weight excluding hydrogens is 235 g/mol. The maximum absolute atomic E-state index is 6.06. The zero-order chi connectivity index (χ0) is 9.14. The highest BCUT2D eigenvalue weighted by atomic mass is 79.9. The van der Waals surface area contributed by atoms with Gasteiger partial charge in [-0.2, -0.15) is 0 Å². The minimum Gasteiger partial charge on any atom is -0.0838 e. The van der Waals surface area contributed by atoms with Crippen LogP contribution in [-0.4, -0.2) is 0 Å². The number of rotatable bonds is 1. The van der Waals surface area contributed by atoms with E-state index < -0.39 is 0 Å². The molecule has 0 radical (unpaired) electrons. The lowest BCUT2D eigenvalue weighted by atomic mass is 10.1. The van der Waals surface area contributed by atoms with Crippen LogP contribution >= 0.6 is 27.5 Å². The Labute approximate surface area is 86.4 Å². The van der Waals surface area contributed by atoms with Crippen LogP contribution < -0.4 is 0 Å². The van der Waals surface area contributed by atoms with Crippen molar-refractivity contribution in [1.29, 1.82) is 0 Å². The summed E-state index contributed by atoms with van der Waals surface area (Å²) in [6.45, 7) is 4.01. The van der Waals surface area contributed by atoms with Crippen LogP contribution in [0.1, 0.15) is 19.4 Å². The van der Waals surface area contributed by atoms with Crippen LogP contribution in [0.5, 0.6) is 0 Å². The molecule has 0 atom stereocenters. The highest BCUT2D eigenvalue weighted by Gasteiger charge is 1.98. The van der Waals surface area contributed by atoms with Crippen molar-refractivity contribution in [3.05, 3.63) is 39.9 Å². The highest BCUT2D eigenvalue weighted by Crippen LogP contribution is 2.23. The van der Waals surface area contributed by atoms with Crippen LogP contribution in [0.25, 0.3) is 5.03 Å². The maximum Gasteiger partial charge on any atom is 0.0464 e. The van der Waals surface area contributed by atoms with Gasteiger partial charge in [0.2, 0.25) is 0 Å². The van der Waals surface area contributed by atoms with Crippen molar-refractivity contribution in [2.24, 2.45) is 0 Å². The lowest BCUT2D eigenvalue weighted by molar-refractivity contribution is 1.41. The molecule has 0 heterocycles. The number of hydrogen-bond donors (Lipinski definition) is 0. The van der Waals surface area contributed by atoms with Crippen LogP contribution in [-0.2, 0) is 0 Å². The Morgan fingerprint density at radius 1 is 1.17 bits per heavy atom. The fourth-order valence-corrected chi connectivity index (χ4v) is 1.28. The molecule has 0 saturated carbocycles. The number of halogens is 2. The first-order valence-electron chi connectivity index (χ1n) is 3.70. The summed E-state index contributed by atoms with van der Waals surface area (Å²) in [5.74, 6) is 0. The molecule has 1 aromatic rings. The zero-order valence-corrected chi connectivity index (χ0v) is 9.41. The van der Waals surface area contributed by atoms with E-state index in [1.807, 2.05) is 38.1 Å². The van der Waals surface area contributed by atoms with E-state index in [0.717, 1.165) is 20.6 Å². The molecule has 0 fully saturated rings. The Bertz CT molecular complexity index is 294. The summed E-state index contributed by atoms with van der Waals surface area (Å²) in [6, 6.07) is 7.97. The topological polar surface area (TPSA) is 0 Å². The molecule has 12 heavy (non-hydrogen) atoms. The van der Waals surface area contributed by atoms with Crippen molar-refractivity contribution < 1.29 is 0 Å². The van der Waals surface area contributed by atoms with E-state index in [2.05, 4.69) is 15.9 Å². The molecule has 0 N–H and O–H groups in total. The Kier molecular flexibility index (Phi) is 3.36. The number of allylic oxidation sites excluding steroid dienone is 1. The molecule has 0 aliphatic rings. The van der Waals surface area contributed by atoms with Crippen molar-refractivity contribution in [2.75, 3.05) is 0 Å². The van der Waals surface area contributed by atoms with Crippen molar-refractivity contribution in [2.45, 2.75) is 13.8 Å². The predicted octanol–water partition coefficient (Wildman–Crippen LogP) is 4.44. The molecule has 0 bridgehead atoms. The Morgan fingerprint density at radius 2 is 1.67 bits per heavy atom. The first-order chi connectivity index (χ1) is 5.61. The second-order valence-corrected chi connectivity index (χ2v) is 4.11. The lowest BCUT2D eigenvalue weighted by Crippen LogP contribution is -1.78. The van der Waals surface area contributed by atoms with Gasteiger partial charge in [0.1, 0.15) is 0 Å². The molecule has 0 aliphatic carbocycles. The predicted molar refractivity (Wildman–Crippen MR) is 58.3 cm³/mol. The Hall–Kier alpha value is -0.270. The van der Waals surface area contributed by atoms with Crippen molar-refractivity contribution in [3.63, 3.8) is 0 Å². The third-order valence-corrected chi connectivity index (χ3v) is 2.66. The largest absolute Gasteiger partial charge is 0.0838 e. The van der Waals surface area contributed by atoms with E-state index in [1.165, 1.54) is 0 Å². The van der Waals surface area contributed by atoms with Gasteiger partial charge in [0.15, 0.2) is 0 Å². The van der Waals surface area contributed by atoms with Gasteiger partial charge >= 0.3 is 0 Å². The number of hydrogen-bond acceptors (Lipinski definition) is 0. The third-order valence-electron chi connectivity index (χ3n) is 1.54. The lowest BCUT2D eigenvalue weighted by Gasteiger charge is -2.01. The van der Waals surface area contributed by atoms with Gasteiger partial charge in [-0.15, -0.1) is 0 Å². The minimum absolute atomic E-state index is 0.836. The molecule has 1 rings (SSSR count). The van der Waals surface area contributed by atoms with Gasteiger partial charge in [-0.25, -0.2) is 0 Å². The number of benzene rings is 1. The van der Waals surface area contributed by atoms with Crippen LogP contribution in [0, 0.1) is 0 Å². The molecule has 0 spiro atoms. The quantitative estimate of drug-likeness (QED) is 0.686. The molecule has 0 saturated heterocycles. The van der Waals surface area contributed by atoms with Crippen LogP contribution in [0.15, 0.2) is 34.3 Å². The van der Waals surface area contributed by atoms with Gasteiger partial charge < -0.3 is 0 Å². The molecule has 0 nitrogen and oxygen atoms in total. The first-order valence-corrected chi connectivity index (χ1v) is 4.87. The smallest absolute Gasteiger partial charge is 0.0464 e. The second-order valence-electron chi connectivity index (χ2n) is 2.82. The molecule has 0 aliphatic heterocycles. The molecule has 2 heteroatoms. The summed E-state index contributed by atoms with van der Waals surface area (Å²) in [6.07, 6.45) is 0. The SMILES string of the molecule is CC(C)=C(Cl)c1ccc(Br)cc1. The van der Waals surface area contributed by atoms with Crippen molar-refractivity contribution in [3.8, 4) is 0 Å². The van der Waals surface area contributed by atoms with Gasteiger partial charge in [0, 0.05) is 9.51 Å². The standard InChI is InChI=1S/C10H10BrCl/c1-7(2)10(12)8-3-5-9(11)6-4-8/h3-6H,1-2H3. The van der Waals surface area contributed by atoms with E-state index in [9.17, 15) is 0 Å². The van der Waals surface area contributed by atoms with Crippen molar-refractivity contribution >= 4 is 32.6 Å².